The molecule has 1 fully saturated rings. The van der Waals surface area contributed by atoms with Gasteiger partial charge in [0.1, 0.15) is 6.04 Å². The number of nitrogens with one attached hydrogen (secondary N) is 2. The van der Waals surface area contributed by atoms with Crippen molar-refractivity contribution >= 4 is 33.4 Å². The zero-order valence-electron chi connectivity index (χ0n) is 11.7. The number of carbonyl (C=O) groups excluding carboxylic acids is 1. The number of hydrogen-bond acceptors (Lipinski definition) is 3. The predicted molar refractivity (Wildman–Crippen MR) is 82.4 cm³/mol. The van der Waals surface area contributed by atoms with E-state index in [2.05, 4.69) is 10.0 Å². The van der Waals surface area contributed by atoms with Crippen molar-refractivity contribution in [3.63, 3.8) is 0 Å². The van der Waals surface area contributed by atoms with Gasteiger partial charge in [0, 0.05) is 23.8 Å². The molecule has 21 heavy (non-hydrogen) atoms. The van der Waals surface area contributed by atoms with Gasteiger partial charge in [-0.1, -0.05) is 18.5 Å². The van der Waals surface area contributed by atoms with Crippen molar-refractivity contribution in [2.75, 3.05) is 18.4 Å². The molecule has 2 N–H and O–H groups in total. The molecule has 0 aliphatic carbocycles. The molecule has 1 aliphatic rings. The highest BCUT2D eigenvalue weighted by atomic mass is 35.5. The van der Waals surface area contributed by atoms with Crippen molar-refractivity contribution in [2.24, 2.45) is 0 Å². The summed E-state index contributed by atoms with van der Waals surface area (Å²) < 4.78 is 27.8. The van der Waals surface area contributed by atoms with Crippen LogP contribution >= 0.6 is 11.6 Å². The minimum Gasteiger partial charge on any atom is -0.325 e. The molecule has 1 aliphatic heterocycles. The molecule has 1 unspecified atom stereocenters. The van der Waals surface area contributed by atoms with E-state index < -0.39 is 16.3 Å². The van der Waals surface area contributed by atoms with Gasteiger partial charge in [-0.3, -0.25) is 4.79 Å². The van der Waals surface area contributed by atoms with Crippen molar-refractivity contribution in [3.8, 4) is 0 Å². The lowest BCUT2D eigenvalue weighted by atomic mass is 10.2. The standard InChI is InChI=1S/C13H18ClN3O3S/c1-2-15-21(19,20)17-9-3-4-12(17)13(18)16-11-7-5-10(14)6-8-11/h5-8,12,15H,2-4,9H2,1H3,(H,16,18). The van der Waals surface area contributed by atoms with Crippen LogP contribution in [0.3, 0.4) is 0 Å². The van der Waals surface area contributed by atoms with E-state index in [9.17, 15) is 13.2 Å². The Balaban J connectivity index is 2.09. The lowest BCUT2D eigenvalue weighted by Gasteiger charge is -2.23. The van der Waals surface area contributed by atoms with E-state index in [1.54, 1.807) is 31.2 Å². The van der Waals surface area contributed by atoms with Gasteiger partial charge in [0.2, 0.25) is 5.91 Å². The average Bonchev–Trinajstić information content (AvgIpc) is 2.91. The first-order chi connectivity index (χ1) is 9.94. The van der Waals surface area contributed by atoms with E-state index in [4.69, 9.17) is 11.6 Å². The van der Waals surface area contributed by atoms with Crippen LogP contribution in [0.4, 0.5) is 5.69 Å². The van der Waals surface area contributed by atoms with Gasteiger partial charge in [-0.2, -0.15) is 12.7 Å². The first kappa shape index (κ1) is 16.2. The molecule has 8 heteroatoms. The number of hydrogen-bond donors (Lipinski definition) is 2. The Morgan fingerprint density at radius 2 is 2.05 bits per heavy atom. The molecule has 1 heterocycles. The molecule has 0 spiro atoms. The van der Waals surface area contributed by atoms with Crippen molar-refractivity contribution in [2.45, 2.75) is 25.8 Å². The Kier molecular flexibility index (Phi) is 5.21. The largest absolute Gasteiger partial charge is 0.325 e. The Morgan fingerprint density at radius 1 is 1.38 bits per heavy atom. The normalized spacial score (nSPS) is 19.6. The molecule has 1 amide bonds. The van der Waals surface area contributed by atoms with Crippen LogP contribution in [-0.4, -0.2) is 37.8 Å². The molecule has 116 valence electrons. The molecule has 0 radical (unpaired) electrons. The van der Waals surface area contributed by atoms with Crippen LogP contribution < -0.4 is 10.0 Å². The van der Waals surface area contributed by atoms with Gasteiger partial charge in [0.15, 0.2) is 0 Å². The second-order valence-electron chi connectivity index (χ2n) is 4.77. The first-order valence-corrected chi connectivity index (χ1v) is 8.58. The molecule has 1 aromatic rings. The summed E-state index contributed by atoms with van der Waals surface area (Å²) in [5.74, 6) is -0.323. The Labute approximate surface area is 129 Å². The first-order valence-electron chi connectivity index (χ1n) is 6.77. The van der Waals surface area contributed by atoms with Gasteiger partial charge in [0.25, 0.3) is 10.2 Å². The van der Waals surface area contributed by atoms with Crippen molar-refractivity contribution in [1.29, 1.82) is 0 Å². The molecule has 2 rings (SSSR count). The molecule has 1 saturated heterocycles. The molecular weight excluding hydrogens is 314 g/mol. The molecule has 1 aromatic carbocycles. The summed E-state index contributed by atoms with van der Waals surface area (Å²) in [6.07, 6.45) is 1.19. The lowest BCUT2D eigenvalue weighted by molar-refractivity contribution is -0.119. The Hall–Kier alpha value is -1.15. The number of rotatable bonds is 5. The van der Waals surface area contributed by atoms with E-state index in [1.807, 2.05) is 0 Å². The molecule has 0 bridgehead atoms. The Bertz CT molecular complexity index is 604. The van der Waals surface area contributed by atoms with Crippen molar-refractivity contribution < 1.29 is 13.2 Å². The number of amides is 1. The zero-order chi connectivity index (χ0) is 15.5. The van der Waals surface area contributed by atoms with Crippen LogP contribution in [0.2, 0.25) is 5.02 Å². The SMILES string of the molecule is CCNS(=O)(=O)N1CCCC1C(=O)Nc1ccc(Cl)cc1. The van der Waals surface area contributed by atoms with Gasteiger partial charge in [-0.25, -0.2) is 4.72 Å². The maximum atomic E-state index is 12.3. The highest BCUT2D eigenvalue weighted by Gasteiger charge is 2.38. The average molecular weight is 332 g/mol. The third kappa shape index (κ3) is 3.94. The molecule has 6 nitrogen and oxygen atoms in total. The van der Waals surface area contributed by atoms with Crippen LogP contribution in [0, 0.1) is 0 Å². The smallest absolute Gasteiger partial charge is 0.280 e. The summed E-state index contributed by atoms with van der Waals surface area (Å²) >= 11 is 5.78. The quantitative estimate of drug-likeness (QED) is 0.860. The van der Waals surface area contributed by atoms with Gasteiger partial charge in [-0.05, 0) is 37.1 Å². The number of benzene rings is 1. The van der Waals surface area contributed by atoms with E-state index in [0.717, 1.165) is 0 Å². The van der Waals surface area contributed by atoms with Gasteiger partial charge in [0.05, 0.1) is 0 Å². The van der Waals surface area contributed by atoms with Crippen molar-refractivity contribution in [1.82, 2.24) is 9.03 Å². The third-order valence-corrected chi connectivity index (χ3v) is 5.21. The van der Waals surface area contributed by atoms with Crippen LogP contribution in [0.25, 0.3) is 0 Å². The second kappa shape index (κ2) is 6.74. The summed E-state index contributed by atoms with van der Waals surface area (Å²) in [7, 11) is -3.60. The van der Waals surface area contributed by atoms with E-state index >= 15 is 0 Å². The van der Waals surface area contributed by atoms with Gasteiger partial charge in [-0.15, -0.1) is 0 Å². The zero-order valence-corrected chi connectivity index (χ0v) is 13.2. The summed E-state index contributed by atoms with van der Waals surface area (Å²) in [6, 6.07) is 6.01. The van der Waals surface area contributed by atoms with Crippen molar-refractivity contribution in [3.05, 3.63) is 29.3 Å². The lowest BCUT2D eigenvalue weighted by Crippen LogP contribution is -2.48. The van der Waals surface area contributed by atoms with E-state index in [0.29, 0.717) is 36.6 Å². The number of carbonyl (C=O) groups is 1. The fraction of sp³-hybridized carbons (Fsp3) is 0.462. The third-order valence-electron chi connectivity index (χ3n) is 3.25. The minimum atomic E-state index is -3.60. The van der Waals surface area contributed by atoms with Crippen LogP contribution in [-0.2, 0) is 15.0 Å². The minimum absolute atomic E-state index is 0.296. The van der Waals surface area contributed by atoms with Gasteiger partial charge < -0.3 is 5.32 Å². The fourth-order valence-corrected chi connectivity index (χ4v) is 3.88. The molecular formula is C13H18ClN3O3S. The highest BCUT2D eigenvalue weighted by Crippen LogP contribution is 2.22. The van der Waals surface area contributed by atoms with Crippen LogP contribution in [0.1, 0.15) is 19.8 Å². The van der Waals surface area contributed by atoms with E-state index in [1.165, 1.54) is 4.31 Å². The van der Waals surface area contributed by atoms with Crippen LogP contribution in [0.5, 0.6) is 0 Å². The van der Waals surface area contributed by atoms with Gasteiger partial charge >= 0.3 is 0 Å². The molecule has 0 saturated carbocycles. The maximum absolute atomic E-state index is 12.3. The molecule has 0 aromatic heterocycles. The number of anilines is 1. The monoisotopic (exact) mass is 331 g/mol. The van der Waals surface area contributed by atoms with E-state index in [-0.39, 0.29) is 5.91 Å². The highest BCUT2D eigenvalue weighted by molar-refractivity contribution is 7.87. The topological polar surface area (TPSA) is 78.5 Å². The second-order valence-corrected chi connectivity index (χ2v) is 6.91. The molecule has 1 atom stereocenters. The summed E-state index contributed by atoms with van der Waals surface area (Å²) in [6.45, 7) is 2.36. The van der Waals surface area contributed by atoms with Crippen LogP contribution in [0.15, 0.2) is 24.3 Å². The predicted octanol–water partition coefficient (Wildman–Crippen LogP) is 1.60. The Morgan fingerprint density at radius 3 is 2.67 bits per heavy atom. The summed E-state index contributed by atoms with van der Waals surface area (Å²) in [4.78, 5) is 12.3. The number of nitrogens with zero attached hydrogens (tertiary/aromatic N) is 1. The summed E-state index contributed by atoms with van der Waals surface area (Å²) in [5.41, 5.74) is 0.595. The fourth-order valence-electron chi connectivity index (χ4n) is 2.31. The number of halogens is 1. The maximum Gasteiger partial charge on any atom is 0.280 e. The summed E-state index contributed by atoms with van der Waals surface area (Å²) in [5, 5.41) is 3.30.